The van der Waals surface area contributed by atoms with Crippen LogP contribution in [0.25, 0.3) is 0 Å². The molecule has 1 fully saturated rings. The van der Waals surface area contributed by atoms with Gasteiger partial charge in [-0.3, -0.25) is 0 Å². The van der Waals surface area contributed by atoms with Crippen LogP contribution in [0.4, 0.5) is 0 Å². The monoisotopic (exact) mass is 370 g/mol. The molecule has 0 bridgehead atoms. The lowest BCUT2D eigenvalue weighted by molar-refractivity contribution is 0.0161. The minimum atomic E-state index is -0.109. The number of aryl methyl sites for hydroxylation is 1. The number of carbonyl (C=O) groups is 1. The topological polar surface area (TPSA) is 26.3 Å². The van der Waals surface area contributed by atoms with Crippen LogP contribution in [0.3, 0.4) is 0 Å². The van der Waals surface area contributed by atoms with Gasteiger partial charge in [0.15, 0.2) is 0 Å². The zero-order chi connectivity index (χ0) is 19.1. The van der Waals surface area contributed by atoms with Gasteiger partial charge in [0.05, 0.1) is 5.56 Å². The van der Waals surface area contributed by atoms with Crippen LogP contribution in [-0.2, 0) is 17.6 Å². The third-order valence-electron chi connectivity index (χ3n) is 6.75. The Balaban J connectivity index is 1.51. The highest BCUT2D eigenvalue weighted by Gasteiger charge is 2.25. The smallest absolute Gasteiger partial charge is 0.338 e. The van der Waals surface area contributed by atoms with Gasteiger partial charge < -0.3 is 4.74 Å². The SMILES string of the molecule is CCCCCC1CCc2cc(C(=O)OC3CCC(CCC)CC3)ccc2C1. The molecule has 0 amide bonds. The Hall–Kier alpha value is -1.31. The summed E-state index contributed by atoms with van der Waals surface area (Å²) in [4.78, 5) is 12.6. The van der Waals surface area contributed by atoms with Crippen molar-refractivity contribution in [1.29, 1.82) is 0 Å². The van der Waals surface area contributed by atoms with E-state index >= 15 is 0 Å². The molecule has 0 aliphatic heterocycles. The molecular formula is C25H38O2. The van der Waals surface area contributed by atoms with E-state index < -0.39 is 0 Å². The van der Waals surface area contributed by atoms with Crippen molar-refractivity contribution in [3.8, 4) is 0 Å². The van der Waals surface area contributed by atoms with Crippen LogP contribution in [0, 0.1) is 11.8 Å². The number of rotatable bonds is 8. The summed E-state index contributed by atoms with van der Waals surface area (Å²) in [5.74, 6) is 1.57. The van der Waals surface area contributed by atoms with Crippen molar-refractivity contribution in [3.63, 3.8) is 0 Å². The number of hydrogen-bond acceptors (Lipinski definition) is 2. The van der Waals surface area contributed by atoms with Gasteiger partial charge in [-0.05, 0) is 80.0 Å². The molecule has 1 aromatic rings. The molecule has 2 aliphatic rings. The molecule has 2 heteroatoms. The Morgan fingerprint density at radius 1 is 0.926 bits per heavy atom. The van der Waals surface area contributed by atoms with E-state index in [4.69, 9.17) is 4.74 Å². The van der Waals surface area contributed by atoms with Gasteiger partial charge in [0, 0.05) is 0 Å². The molecule has 27 heavy (non-hydrogen) atoms. The van der Waals surface area contributed by atoms with Gasteiger partial charge in [0.25, 0.3) is 0 Å². The molecule has 0 radical (unpaired) electrons. The van der Waals surface area contributed by atoms with Crippen molar-refractivity contribution in [1.82, 2.24) is 0 Å². The van der Waals surface area contributed by atoms with Crippen molar-refractivity contribution in [2.45, 2.75) is 103 Å². The summed E-state index contributed by atoms with van der Waals surface area (Å²) in [5.41, 5.74) is 3.59. The maximum Gasteiger partial charge on any atom is 0.338 e. The molecule has 0 saturated heterocycles. The van der Waals surface area contributed by atoms with E-state index in [0.29, 0.717) is 0 Å². The fourth-order valence-electron chi connectivity index (χ4n) is 5.05. The Kier molecular flexibility index (Phi) is 7.79. The van der Waals surface area contributed by atoms with E-state index in [-0.39, 0.29) is 12.1 Å². The molecule has 1 saturated carbocycles. The molecule has 2 nitrogen and oxygen atoms in total. The molecule has 1 atom stereocenters. The molecule has 0 N–H and O–H groups in total. The molecule has 0 aromatic heterocycles. The van der Waals surface area contributed by atoms with Crippen LogP contribution >= 0.6 is 0 Å². The quantitative estimate of drug-likeness (QED) is 0.368. The fourth-order valence-corrected chi connectivity index (χ4v) is 5.05. The third kappa shape index (κ3) is 5.83. The Bertz CT molecular complexity index is 598. The second-order valence-corrected chi connectivity index (χ2v) is 8.92. The van der Waals surface area contributed by atoms with Gasteiger partial charge in [-0.1, -0.05) is 58.4 Å². The van der Waals surface area contributed by atoms with Crippen LogP contribution in [0.15, 0.2) is 18.2 Å². The molecule has 1 aromatic carbocycles. The predicted octanol–water partition coefficient (Wildman–Crippen LogP) is 6.89. The number of carbonyl (C=O) groups excluding carboxylic acids is 1. The van der Waals surface area contributed by atoms with Crippen molar-refractivity contribution < 1.29 is 9.53 Å². The maximum absolute atomic E-state index is 12.6. The summed E-state index contributed by atoms with van der Waals surface area (Å²) in [7, 11) is 0. The van der Waals surface area contributed by atoms with E-state index in [1.165, 1.54) is 75.3 Å². The standard InChI is InChI=1S/C25H38O2/c1-3-5-6-8-20-9-12-22-18-23(14-13-21(22)17-20)25(26)27-24-15-10-19(7-4-2)11-16-24/h13-14,18-20,24H,3-12,15-17H2,1-2H3. The fraction of sp³-hybridized carbons (Fsp3) is 0.720. The highest BCUT2D eigenvalue weighted by Crippen LogP contribution is 2.32. The molecule has 3 rings (SSSR count). The van der Waals surface area contributed by atoms with Gasteiger partial charge >= 0.3 is 5.97 Å². The molecule has 0 spiro atoms. The van der Waals surface area contributed by atoms with Gasteiger partial charge in [0.2, 0.25) is 0 Å². The Labute approximate surface area is 166 Å². The first-order valence-electron chi connectivity index (χ1n) is 11.5. The van der Waals surface area contributed by atoms with Gasteiger partial charge in [0.1, 0.15) is 6.10 Å². The largest absolute Gasteiger partial charge is 0.459 e. The lowest BCUT2D eigenvalue weighted by Crippen LogP contribution is -2.24. The number of benzene rings is 1. The zero-order valence-electron chi connectivity index (χ0n) is 17.5. The first kappa shape index (κ1) is 20.4. The van der Waals surface area contributed by atoms with E-state index in [1.807, 2.05) is 6.07 Å². The van der Waals surface area contributed by atoms with E-state index in [1.54, 1.807) is 0 Å². The second kappa shape index (κ2) is 10.3. The number of unbranched alkanes of at least 4 members (excludes halogenated alkanes) is 2. The molecule has 2 aliphatic carbocycles. The first-order chi connectivity index (χ1) is 13.2. The van der Waals surface area contributed by atoms with Crippen LogP contribution in [0.5, 0.6) is 0 Å². The average molecular weight is 371 g/mol. The lowest BCUT2D eigenvalue weighted by Gasteiger charge is -2.28. The second-order valence-electron chi connectivity index (χ2n) is 8.92. The Morgan fingerprint density at radius 2 is 1.74 bits per heavy atom. The highest BCUT2D eigenvalue weighted by molar-refractivity contribution is 5.89. The van der Waals surface area contributed by atoms with Crippen molar-refractivity contribution >= 4 is 5.97 Å². The lowest BCUT2D eigenvalue weighted by atomic mass is 9.81. The summed E-state index contributed by atoms with van der Waals surface area (Å²) in [5, 5.41) is 0. The molecular weight excluding hydrogens is 332 g/mol. The third-order valence-corrected chi connectivity index (χ3v) is 6.75. The number of esters is 1. The normalized spacial score (nSPS) is 25.0. The number of hydrogen-bond donors (Lipinski definition) is 0. The van der Waals surface area contributed by atoms with E-state index in [0.717, 1.165) is 36.7 Å². The molecule has 150 valence electrons. The highest BCUT2D eigenvalue weighted by atomic mass is 16.5. The summed E-state index contributed by atoms with van der Waals surface area (Å²) >= 11 is 0. The van der Waals surface area contributed by atoms with E-state index in [9.17, 15) is 4.79 Å². The summed E-state index contributed by atoms with van der Waals surface area (Å²) in [6.45, 7) is 4.53. The first-order valence-corrected chi connectivity index (χ1v) is 11.5. The van der Waals surface area contributed by atoms with E-state index in [2.05, 4.69) is 26.0 Å². The van der Waals surface area contributed by atoms with Crippen molar-refractivity contribution in [2.75, 3.05) is 0 Å². The number of ether oxygens (including phenoxy) is 1. The summed E-state index contributed by atoms with van der Waals surface area (Å²) < 4.78 is 5.84. The maximum atomic E-state index is 12.6. The van der Waals surface area contributed by atoms with Gasteiger partial charge in [-0.25, -0.2) is 4.79 Å². The minimum absolute atomic E-state index is 0.109. The van der Waals surface area contributed by atoms with Crippen molar-refractivity contribution in [2.24, 2.45) is 11.8 Å². The predicted molar refractivity (Wildman–Crippen MR) is 112 cm³/mol. The average Bonchev–Trinajstić information content (AvgIpc) is 2.69. The van der Waals surface area contributed by atoms with Crippen LogP contribution in [0.2, 0.25) is 0 Å². The van der Waals surface area contributed by atoms with Crippen LogP contribution < -0.4 is 0 Å². The molecule has 1 unspecified atom stereocenters. The minimum Gasteiger partial charge on any atom is -0.459 e. The molecule has 0 heterocycles. The van der Waals surface area contributed by atoms with Gasteiger partial charge in [-0.2, -0.15) is 0 Å². The van der Waals surface area contributed by atoms with Crippen molar-refractivity contribution in [3.05, 3.63) is 34.9 Å². The van der Waals surface area contributed by atoms with Crippen LogP contribution in [-0.4, -0.2) is 12.1 Å². The summed E-state index contributed by atoms with van der Waals surface area (Å²) in [6, 6.07) is 6.30. The van der Waals surface area contributed by atoms with Crippen LogP contribution in [0.1, 0.15) is 106 Å². The Morgan fingerprint density at radius 3 is 2.48 bits per heavy atom. The van der Waals surface area contributed by atoms with Gasteiger partial charge in [-0.15, -0.1) is 0 Å². The number of fused-ring (bicyclic) bond motifs is 1. The summed E-state index contributed by atoms with van der Waals surface area (Å²) in [6.07, 6.45) is 16.2. The zero-order valence-corrected chi connectivity index (χ0v) is 17.5.